The van der Waals surface area contributed by atoms with Crippen molar-refractivity contribution < 1.29 is 9.18 Å². The minimum absolute atomic E-state index is 0.0189. The Morgan fingerprint density at radius 3 is 2.37 bits per heavy atom. The zero-order valence-electron chi connectivity index (χ0n) is 11.6. The molecule has 1 nitrogen and oxygen atoms in total. The average Bonchev–Trinajstić information content (AvgIpc) is 2.40. The molecule has 106 valence electrons. The molecule has 0 radical (unpaired) electrons. The maximum absolute atomic E-state index is 13.0. The maximum atomic E-state index is 13.0. The Morgan fingerprint density at radius 1 is 1.11 bits per heavy atom. The summed E-state index contributed by atoms with van der Waals surface area (Å²) >= 11 is 5.66. The van der Waals surface area contributed by atoms with Crippen LogP contribution in [0.3, 0.4) is 0 Å². The molecule has 0 unspecified atom stereocenters. The first kappa shape index (κ1) is 16.2. The number of halogens is 2. The fourth-order valence-corrected chi connectivity index (χ4v) is 2.24. The van der Waals surface area contributed by atoms with Gasteiger partial charge in [-0.3, -0.25) is 4.79 Å². The molecule has 0 aromatic heterocycles. The van der Waals surface area contributed by atoms with Crippen LogP contribution in [0.5, 0.6) is 0 Å². The lowest BCUT2D eigenvalue weighted by atomic mass is 10.0. The molecule has 1 rings (SSSR count). The van der Waals surface area contributed by atoms with Gasteiger partial charge in [-0.15, -0.1) is 0 Å². The van der Waals surface area contributed by atoms with Crippen LogP contribution in [-0.4, -0.2) is 5.78 Å². The summed E-state index contributed by atoms with van der Waals surface area (Å²) in [6, 6.07) is 4.17. The van der Waals surface area contributed by atoms with E-state index in [0.29, 0.717) is 12.0 Å². The lowest BCUT2D eigenvalue weighted by molar-refractivity contribution is 0.0979. The number of hydrogen-bond acceptors (Lipinski definition) is 1. The van der Waals surface area contributed by atoms with E-state index in [0.717, 1.165) is 12.8 Å². The number of rotatable bonds is 9. The molecule has 0 bridgehead atoms. The maximum Gasteiger partial charge on any atom is 0.162 e. The topological polar surface area (TPSA) is 17.1 Å². The fourth-order valence-electron chi connectivity index (χ4n) is 2.06. The SMILES string of the molecule is CCCCCCCCCC(=O)c1ccc(F)c(Cl)c1. The zero-order chi connectivity index (χ0) is 14.1. The highest BCUT2D eigenvalue weighted by molar-refractivity contribution is 6.31. The molecule has 0 fully saturated rings. The highest BCUT2D eigenvalue weighted by Crippen LogP contribution is 2.18. The second-order valence-electron chi connectivity index (χ2n) is 4.92. The largest absolute Gasteiger partial charge is 0.294 e. The molecule has 1 aromatic rings. The number of carbonyl (C=O) groups excluding carboxylic acids is 1. The van der Waals surface area contributed by atoms with Crippen LogP contribution in [-0.2, 0) is 0 Å². The Hall–Kier alpha value is -0.890. The first-order valence-electron chi connectivity index (χ1n) is 7.13. The van der Waals surface area contributed by atoms with Crippen molar-refractivity contribution >= 4 is 17.4 Å². The van der Waals surface area contributed by atoms with E-state index in [1.54, 1.807) is 0 Å². The van der Waals surface area contributed by atoms with Gasteiger partial charge >= 0.3 is 0 Å². The van der Waals surface area contributed by atoms with Crippen molar-refractivity contribution in [1.29, 1.82) is 0 Å². The molecule has 0 aliphatic rings. The number of carbonyl (C=O) groups is 1. The third-order valence-corrected chi connectivity index (χ3v) is 3.54. The van der Waals surface area contributed by atoms with Gasteiger partial charge in [-0.1, -0.05) is 57.0 Å². The van der Waals surface area contributed by atoms with Crippen LogP contribution >= 0.6 is 11.6 Å². The third-order valence-electron chi connectivity index (χ3n) is 3.25. The molecule has 0 heterocycles. The van der Waals surface area contributed by atoms with Crippen LogP contribution in [0.25, 0.3) is 0 Å². The van der Waals surface area contributed by atoms with Crippen LogP contribution in [0.1, 0.15) is 68.6 Å². The van der Waals surface area contributed by atoms with Gasteiger partial charge in [0.2, 0.25) is 0 Å². The van der Waals surface area contributed by atoms with E-state index >= 15 is 0 Å². The first-order valence-corrected chi connectivity index (χ1v) is 7.51. The van der Waals surface area contributed by atoms with Gasteiger partial charge in [0.25, 0.3) is 0 Å². The number of hydrogen-bond donors (Lipinski definition) is 0. The second kappa shape index (κ2) is 9.08. The number of unbranched alkanes of at least 4 members (excludes halogenated alkanes) is 6. The Bertz CT molecular complexity index is 404. The Balaban J connectivity index is 2.22. The molecular weight excluding hydrogens is 263 g/mol. The average molecular weight is 285 g/mol. The van der Waals surface area contributed by atoms with Crippen LogP contribution in [0.2, 0.25) is 5.02 Å². The highest BCUT2D eigenvalue weighted by atomic mass is 35.5. The van der Waals surface area contributed by atoms with Crippen LogP contribution in [0.4, 0.5) is 4.39 Å². The molecule has 1 aromatic carbocycles. The molecular formula is C16H22ClFO. The monoisotopic (exact) mass is 284 g/mol. The van der Waals surface area contributed by atoms with Crippen molar-refractivity contribution in [2.45, 2.75) is 58.3 Å². The summed E-state index contributed by atoms with van der Waals surface area (Å²) in [5.74, 6) is -0.426. The van der Waals surface area contributed by atoms with Crippen LogP contribution in [0.15, 0.2) is 18.2 Å². The number of ketones is 1. The zero-order valence-corrected chi connectivity index (χ0v) is 12.3. The van der Waals surface area contributed by atoms with Crippen LogP contribution in [0, 0.1) is 5.82 Å². The molecule has 0 aliphatic carbocycles. The van der Waals surface area contributed by atoms with Gasteiger partial charge in [0, 0.05) is 12.0 Å². The molecule has 0 saturated carbocycles. The summed E-state index contributed by atoms with van der Waals surface area (Å²) in [4.78, 5) is 11.9. The van der Waals surface area contributed by atoms with Gasteiger partial charge in [-0.05, 0) is 24.6 Å². The molecule has 0 saturated heterocycles. The molecule has 0 amide bonds. The molecule has 0 spiro atoms. The van der Waals surface area contributed by atoms with E-state index in [4.69, 9.17) is 11.6 Å². The van der Waals surface area contributed by atoms with Gasteiger partial charge < -0.3 is 0 Å². The molecule has 3 heteroatoms. The summed E-state index contributed by atoms with van der Waals surface area (Å²) < 4.78 is 13.0. The normalized spacial score (nSPS) is 10.7. The summed E-state index contributed by atoms with van der Waals surface area (Å²) in [6.45, 7) is 2.20. The minimum Gasteiger partial charge on any atom is -0.294 e. The van der Waals surface area contributed by atoms with E-state index in [-0.39, 0.29) is 10.8 Å². The van der Waals surface area contributed by atoms with Gasteiger partial charge in [0.05, 0.1) is 5.02 Å². The van der Waals surface area contributed by atoms with Crippen LogP contribution < -0.4 is 0 Å². The van der Waals surface area contributed by atoms with Crippen molar-refractivity contribution in [2.75, 3.05) is 0 Å². The standard InChI is InChI=1S/C16H22ClFO/c1-2-3-4-5-6-7-8-9-16(19)13-10-11-15(18)14(17)12-13/h10-12H,2-9H2,1H3. The van der Waals surface area contributed by atoms with Crippen molar-refractivity contribution in [2.24, 2.45) is 0 Å². The summed E-state index contributed by atoms with van der Waals surface area (Å²) in [5.41, 5.74) is 0.511. The predicted octanol–water partition coefficient (Wildman–Crippen LogP) is 5.80. The lowest BCUT2D eigenvalue weighted by Crippen LogP contribution is -1.99. The van der Waals surface area contributed by atoms with E-state index in [1.165, 1.54) is 50.3 Å². The first-order chi connectivity index (χ1) is 9.15. The minimum atomic E-state index is -0.478. The molecule has 0 N–H and O–H groups in total. The van der Waals surface area contributed by atoms with E-state index < -0.39 is 5.82 Å². The van der Waals surface area contributed by atoms with Crippen molar-refractivity contribution in [3.63, 3.8) is 0 Å². The predicted molar refractivity (Wildman–Crippen MR) is 78.4 cm³/mol. The Morgan fingerprint density at radius 2 is 1.74 bits per heavy atom. The van der Waals surface area contributed by atoms with Crippen molar-refractivity contribution in [3.05, 3.63) is 34.6 Å². The van der Waals surface area contributed by atoms with E-state index in [2.05, 4.69) is 6.92 Å². The lowest BCUT2D eigenvalue weighted by Gasteiger charge is -2.03. The van der Waals surface area contributed by atoms with Gasteiger partial charge in [-0.2, -0.15) is 0 Å². The van der Waals surface area contributed by atoms with E-state index in [9.17, 15) is 9.18 Å². The van der Waals surface area contributed by atoms with Crippen molar-refractivity contribution in [3.8, 4) is 0 Å². The quantitative estimate of drug-likeness (QED) is 0.413. The Labute approximate surface area is 120 Å². The summed E-state index contributed by atoms with van der Waals surface area (Å²) in [6.07, 6.45) is 8.80. The smallest absolute Gasteiger partial charge is 0.162 e. The molecule has 19 heavy (non-hydrogen) atoms. The number of benzene rings is 1. The second-order valence-corrected chi connectivity index (χ2v) is 5.33. The molecule has 0 aliphatic heterocycles. The van der Waals surface area contributed by atoms with Crippen molar-refractivity contribution in [1.82, 2.24) is 0 Å². The number of Topliss-reactive ketones (excluding diaryl/α,β-unsaturated/α-hetero) is 1. The summed E-state index contributed by atoms with van der Waals surface area (Å²) in [5, 5.41) is 0.0189. The van der Waals surface area contributed by atoms with Gasteiger partial charge in [0.1, 0.15) is 5.82 Å². The summed E-state index contributed by atoms with van der Waals surface area (Å²) in [7, 11) is 0. The van der Waals surface area contributed by atoms with Gasteiger partial charge in [-0.25, -0.2) is 4.39 Å². The fraction of sp³-hybridized carbons (Fsp3) is 0.562. The molecule has 0 atom stereocenters. The Kier molecular flexibility index (Phi) is 7.73. The van der Waals surface area contributed by atoms with E-state index in [1.807, 2.05) is 0 Å². The van der Waals surface area contributed by atoms with Gasteiger partial charge in [0.15, 0.2) is 5.78 Å². The third kappa shape index (κ3) is 6.20. The highest BCUT2D eigenvalue weighted by Gasteiger charge is 2.08.